The summed E-state index contributed by atoms with van der Waals surface area (Å²) in [6.07, 6.45) is 0. The smallest absolute Gasteiger partial charge is 0.238 e. The van der Waals surface area contributed by atoms with Gasteiger partial charge in [0.05, 0.1) is 20.5 Å². The first-order chi connectivity index (χ1) is 12.7. The van der Waals surface area contributed by atoms with Gasteiger partial charge in [-0.2, -0.15) is 0 Å². The van der Waals surface area contributed by atoms with E-state index in [-0.39, 0.29) is 31.2 Å². The Morgan fingerprint density at radius 3 is 2.22 bits per heavy atom. The van der Waals surface area contributed by atoms with Crippen molar-refractivity contribution >= 4 is 67.0 Å². The molecule has 27 heavy (non-hydrogen) atoms. The Hall–Kier alpha value is -2.17. The van der Waals surface area contributed by atoms with E-state index < -0.39 is 15.8 Å². The minimum absolute atomic E-state index is 0.0177. The Bertz CT molecular complexity index is 1110. The third-order valence-electron chi connectivity index (χ3n) is 3.48. The second kappa shape index (κ2) is 7.45. The van der Waals surface area contributed by atoms with Gasteiger partial charge in [0.25, 0.3) is 0 Å². The highest BCUT2D eigenvalue weighted by Crippen LogP contribution is 2.33. The number of primary sulfonamides is 1. The van der Waals surface area contributed by atoms with Crippen molar-refractivity contribution in [3.05, 3.63) is 63.0 Å². The van der Waals surface area contributed by atoms with Crippen LogP contribution in [-0.4, -0.2) is 19.2 Å². The Morgan fingerprint density at radius 2 is 1.67 bits per heavy atom. The van der Waals surface area contributed by atoms with E-state index in [0.29, 0.717) is 10.8 Å². The first kappa shape index (κ1) is 19.6. The van der Waals surface area contributed by atoms with Crippen molar-refractivity contribution in [1.82, 2.24) is 4.98 Å². The predicted octanol–water partition coefficient (Wildman–Crippen LogP) is 3.65. The highest BCUT2D eigenvalue weighted by Gasteiger charge is 2.22. The number of nitrogen functional groups attached to an aromatic ring is 1. The molecule has 0 radical (unpaired) electrons. The summed E-state index contributed by atoms with van der Waals surface area (Å²) in [6.45, 7) is 0. The first-order valence-corrected chi connectivity index (χ1v) is 10.4. The zero-order valence-corrected chi connectivity index (χ0v) is 16.6. The van der Waals surface area contributed by atoms with Crippen LogP contribution < -0.4 is 16.2 Å². The number of nitrogens with two attached hydrogens (primary N) is 2. The van der Waals surface area contributed by atoms with Crippen LogP contribution in [0.1, 0.15) is 15.2 Å². The fraction of sp³-hybridized carbons (Fsp3) is 0. The second-order valence-electron chi connectivity index (χ2n) is 5.35. The van der Waals surface area contributed by atoms with Crippen LogP contribution >= 0.6 is 34.5 Å². The lowest BCUT2D eigenvalue weighted by Gasteiger charge is -2.04. The summed E-state index contributed by atoms with van der Waals surface area (Å²) >= 11 is 13.2. The van der Waals surface area contributed by atoms with Crippen LogP contribution in [0.3, 0.4) is 0 Å². The number of benzene rings is 2. The Morgan fingerprint density at radius 1 is 1.07 bits per heavy atom. The molecular formula is C16H12Cl2N4O3S2. The molecule has 0 atom stereocenters. The van der Waals surface area contributed by atoms with Gasteiger partial charge < -0.3 is 11.1 Å². The maximum Gasteiger partial charge on any atom is 0.238 e. The van der Waals surface area contributed by atoms with Gasteiger partial charge in [0.1, 0.15) is 10.7 Å². The van der Waals surface area contributed by atoms with Crippen LogP contribution in [0, 0.1) is 0 Å². The number of hydrogen-bond acceptors (Lipinski definition) is 7. The van der Waals surface area contributed by atoms with Gasteiger partial charge in [-0.25, -0.2) is 18.5 Å². The number of rotatable bonds is 5. The molecule has 2 aromatic carbocycles. The summed E-state index contributed by atoms with van der Waals surface area (Å²) in [6, 6.07) is 10.5. The Balaban J connectivity index is 1.88. The molecule has 7 nitrogen and oxygen atoms in total. The number of carbonyl (C=O) groups excluding carboxylic acids is 1. The molecule has 5 N–H and O–H groups in total. The molecule has 0 saturated carbocycles. The fourth-order valence-electron chi connectivity index (χ4n) is 2.23. The molecule has 0 unspecified atom stereocenters. The third-order valence-corrected chi connectivity index (χ3v) is 6.03. The average molecular weight is 443 g/mol. The molecular weight excluding hydrogens is 431 g/mol. The SMILES string of the molecule is Nc1nc(Nc2ccc(S(N)(=O)=O)cc2)sc1C(=O)c1c(Cl)cccc1Cl. The third kappa shape index (κ3) is 4.23. The van der Waals surface area contributed by atoms with Crippen LogP contribution in [0.25, 0.3) is 0 Å². The molecule has 11 heteroatoms. The van der Waals surface area contributed by atoms with Crippen molar-refractivity contribution in [3.8, 4) is 0 Å². The molecule has 140 valence electrons. The van der Waals surface area contributed by atoms with Gasteiger partial charge >= 0.3 is 0 Å². The number of sulfonamides is 1. The molecule has 0 aliphatic carbocycles. The molecule has 0 aliphatic heterocycles. The Kier molecular flexibility index (Phi) is 5.41. The highest BCUT2D eigenvalue weighted by atomic mass is 35.5. The average Bonchev–Trinajstić information content (AvgIpc) is 2.94. The number of anilines is 3. The predicted molar refractivity (Wildman–Crippen MR) is 108 cm³/mol. The van der Waals surface area contributed by atoms with Gasteiger partial charge in [-0.15, -0.1) is 0 Å². The highest BCUT2D eigenvalue weighted by molar-refractivity contribution is 7.89. The summed E-state index contributed by atoms with van der Waals surface area (Å²) in [4.78, 5) is 17.0. The van der Waals surface area contributed by atoms with Crippen molar-refractivity contribution in [2.75, 3.05) is 11.1 Å². The van der Waals surface area contributed by atoms with E-state index >= 15 is 0 Å². The maximum atomic E-state index is 12.7. The van der Waals surface area contributed by atoms with Crippen LogP contribution in [0.15, 0.2) is 47.4 Å². The molecule has 1 heterocycles. The summed E-state index contributed by atoms with van der Waals surface area (Å²) in [5.41, 5.74) is 6.57. The molecule has 0 spiro atoms. The van der Waals surface area contributed by atoms with E-state index in [1.807, 2.05) is 0 Å². The quantitative estimate of drug-likeness (QED) is 0.517. The van der Waals surface area contributed by atoms with Gasteiger partial charge in [-0.3, -0.25) is 4.79 Å². The number of nitrogens with zero attached hydrogens (tertiary/aromatic N) is 1. The van der Waals surface area contributed by atoms with Crippen LogP contribution in [0.4, 0.5) is 16.6 Å². The topological polar surface area (TPSA) is 128 Å². The summed E-state index contributed by atoms with van der Waals surface area (Å²) in [5.74, 6) is -0.400. The number of thiazole rings is 1. The number of nitrogens with one attached hydrogen (secondary N) is 1. The van der Waals surface area contributed by atoms with E-state index in [9.17, 15) is 13.2 Å². The van der Waals surface area contributed by atoms with Crippen molar-refractivity contribution in [1.29, 1.82) is 0 Å². The van der Waals surface area contributed by atoms with Crippen LogP contribution in [0.2, 0.25) is 10.0 Å². The zero-order chi connectivity index (χ0) is 19.8. The summed E-state index contributed by atoms with van der Waals surface area (Å²) < 4.78 is 22.6. The minimum atomic E-state index is -3.78. The van der Waals surface area contributed by atoms with Gasteiger partial charge in [-0.05, 0) is 36.4 Å². The normalized spacial score (nSPS) is 11.4. The van der Waals surface area contributed by atoms with Crippen molar-refractivity contribution in [3.63, 3.8) is 0 Å². The molecule has 0 fully saturated rings. The number of aromatic nitrogens is 1. The molecule has 0 saturated heterocycles. The van der Waals surface area contributed by atoms with Crippen molar-refractivity contribution < 1.29 is 13.2 Å². The lowest BCUT2D eigenvalue weighted by molar-refractivity contribution is 0.104. The van der Waals surface area contributed by atoms with E-state index in [4.69, 9.17) is 34.1 Å². The van der Waals surface area contributed by atoms with Gasteiger partial charge in [-0.1, -0.05) is 40.6 Å². The van der Waals surface area contributed by atoms with Crippen molar-refractivity contribution in [2.45, 2.75) is 4.90 Å². The molecule has 0 bridgehead atoms. The number of carbonyl (C=O) groups is 1. The van der Waals surface area contributed by atoms with Crippen LogP contribution in [-0.2, 0) is 10.0 Å². The van der Waals surface area contributed by atoms with Gasteiger partial charge in [0.15, 0.2) is 5.13 Å². The van der Waals surface area contributed by atoms with Crippen molar-refractivity contribution in [2.24, 2.45) is 5.14 Å². The number of ketones is 1. The second-order valence-corrected chi connectivity index (χ2v) is 8.73. The lowest BCUT2D eigenvalue weighted by atomic mass is 10.1. The largest absolute Gasteiger partial charge is 0.382 e. The van der Waals surface area contributed by atoms with E-state index in [1.165, 1.54) is 24.3 Å². The lowest BCUT2D eigenvalue weighted by Crippen LogP contribution is -2.11. The molecule has 3 rings (SSSR count). The summed E-state index contributed by atoms with van der Waals surface area (Å²) in [5, 5.41) is 8.80. The molecule has 3 aromatic rings. The monoisotopic (exact) mass is 442 g/mol. The first-order valence-electron chi connectivity index (χ1n) is 7.31. The van der Waals surface area contributed by atoms with E-state index in [0.717, 1.165) is 11.3 Å². The maximum absolute atomic E-state index is 12.7. The van der Waals surface area contributed by atoms with Gasteiger partial charge in [0, 0.05) is 5.69 Å². The minimum Gasteiger partial charge on any atom is -0.382 e. The summed E-state index contributed by atoms with van der Waals surface area (Å²) in [7, 11) is -3.78. The van der Waals surface area contributed by atoms with E-state index in [2.05, 4.69) is 10.3 Å². The van der Waals surface area contributed by atoms with Crippen LogP contribution in [0.5, 0.6) is 0 Å². The molecule has 0 amide bonds. The fourth-order valence-corrected chi connectivity index (χ4v) is 4.16. The van der Waals surface area contributed by atoms with E-state index in [1.54, 1.807) is 18.2 Å². The molecule has 0 aliphatic rings. The number of halogens is 2. The standard InChI is InChI=1S/C16H12Cl2N4O3S2/c17-10-2-1-3-11(18)12(10)13(23)14-15(19)22-16(26-14)21-8-4-6-9(7-5-8)27(20,24)25/h1-7H,19H2,(H,21,22)(H2,20,24,25). The Labute approximate surface area is 169 Å². The zero-order valence-electron chi connectivity index (χ0n) is 13.4. The number of hydrogen-bond donors (Lipinski definition) is 3. The molecule has 1 aromatic heterocycles. The van der Waals surface area contributed by atoms with Gasteiger partial charge in [0.2, 0.25) is 15.8 Å².